The Morgan fingerprint density at radius 1 is 0.912 bits per heavy atom. The summed E-state index contributed by atoms with van der Waals surface area (Å²) in [4.78, 5) is 28.5. The van der Waals surface area contributed by atoms with Gasteiger partial charge in [0.2, 0.25) is 11.8 Å². The number of benzene rings is 3. The fraction of sp³-hybridized carbons (Fsp3) is 0.241. The van der Waals surface area contributed by atoms with Crippen molar-refractivity contribution in [3.63, 3.8) is 0 Å². The number of nitrogens with one attached hydrogen (secondary N) is 1. The van der Waals surface area contributed by atoms with E-state index in [-0.39, 0.29) is 11.8 Å². The Bertz CT molecular complexity index is 1050. The molecule has 0 unspecified atom stereocenters. The van der Waals surface area contributed by atoms with E-state index < -0.39 is 6.04 Å². The van der Waals surface area contributed by atoms with Crippen LogP contribution in [0.1, 0.15) is 23.1 Å². The largest absolute Gasteiger partial charge is 0.497 e. The molecule has 0 heterocycles. The van der Waals surface area contributed by atoms with Crippen molar-refractivity contribution in [2.45, 2.75) is 31.8 Å². The highest BCUT2D eigenvalue weighted by Crippen LogP contribution is 2.19. The van der Waals surface area contributed by atoms with E-state index in [4.69, 9.17) is 4.74 Å². The summed E-state index contributed by atoms with van der Waals surface area (Å²) in [6, 6.07) is 26.7. The van der Waals surface area contributed by atoms with Crippen LogP contribution in [0.15, 0.2) is 97.6 Å². The van der Waals surface area contributed by atoms with Crippen LogP contribution in [-0.4, -0.2) is 36.4 Å². The zero-order valence-electron chi connectivity index (χ0n) is 19.7. The predicted octanol–water partition coefficient (Wildman–Crippen LogP) is 4.57. The minimum atomic E-state index is -0.646. The monoisotopic (exact) mass is 456 g/mol. The van der Waals surface area contributed by atoms with Gasteiger partial charge in [0.05, 0.1) is 7.11 Å². The molecule has 5 nitrogen and oxygen atoms in total. The molecule has 5 heteroatoms. The Balaban J connectivity index is 1.88. The highest BCUT2D eigenvalue weighted by atomic mass is 16.5. The third-order valence-corrected chi connectivity index (χ3v) is 5.67. The fourth-order valence-electron chi connectivity index (χ4n) is 3.81. The quantitative estimate of drug-likeness (QED) is 0.406. The number of carbonyl (C=O) groups excluding carboxylic acids is 2. The number of ether oxygens (including phenoxy) is 1. The smallest absolute Gasteiger partial charge is 0.243 e. The molecule has 1 N–H and O–H groups in total. The first-order chi connectivity index (χ1) is 16.6. The minimum absolute atomic E-state index is 0.0608. The molecule has 1 atom stereocenters. The van der Waals surface area contributed by atoms with Crippen LogP contribution in [0.25, 0.3) is 0 Å². The molecule has 0 radical (unpaired) electrons. The van der Waals surface area contributed by atoms with Crippen LogP contribution in [0.2, 0.25) is 0 Å². The molecule has 0 aliphatic carbocycles. The molecule has 0 saturated carbocycles. The first-order valence-electron chi connectivity index (χ1n) is 11.5. The van der Waals surface area contributed by atoms with Crippen LogP contribution in [0.4, 0.5) is 0 Å². The molecule has 0 aliphatic rings. The van der Waals surface area contributed by atoms with Crippen molar-refractivity contribution in [3.05, 3.63) is 114 Å². The lowest BCUT2D eigenvalue weighted by Crippen LogP contribution is -2.50. The number of hydrogen-bond donors (Lipinski definition) is 1. The number of rotatable bonds is 12. The van der Waals surface area contributed by atoms with Gasteiger partial charge in [-0.25, -0.2) is 0 Å². The van der Waals surface area contributed by atoms with E-state index in [1.165, 1.54) is 0 Å². The van der Waals surface area contributed by atoms with Crippen molar-refractivity contribution in [3.8, 4) is 5.75 Å². The maximum Gasteiger partial charge on any atom is 0.243 e. The number of nitrogens with zero attached hydrogens (tertiary/aromatic N) is 1. The van der Waals surface area contributed by atoms with Crippen molar-refractivity contribution in [1.82, 2.24) is 10.2 Å². The predicted molar refractivity (Wildman–Crippen MR) is 135 cm³/mol. The molecule has 0 spiro atoms. The van der Waals surface area contributed by atoms with Gasteiger partial charge in [0.1, 0.15) is 11.8 Å². The van der Waals surface area contributed by atoms with Gasteiger partial charge in [0.25, 0.3) is 0 Å². The molecular weight excluding hydrogens is 424 g/mol. The molecule has 34 heavy (non-hydrogen) atoms. The summed E-state index contributed by atoms with van der Waals surface area (Å²) >= 11 is 0. The molecule has 0 saturated heterocycles. The second-order valence-electron chi connectivity index (χ2n) is 8.09. The minimum Gasteiger partial charge on any atom is -0.497 e. The van der Waals surface area contributed by atoms with E-state index in [2.05, 4.69) is 11.9 Å². The summed E-state index contributed by atoms with van der Waals surface area (Å²) in [6.45, 7) is 4.37. The summed E-state index contributed by atoms with van der Waals surface area (Å²) in [6.07, 6.45) is 3.00. The van der Waals surface area contributed by atoms with Crippen LogP contribution in [0.5, 0.6) is 5.75 Å². The van der Waals surface area contributed by atoms with Crippen molar-refractivity contribution in [1.29, 1.82) is 0 Å². The molecule has 0 aliphatic heterocycles. The number of amides is 2. The first-order valence-corrected chi connectivity index (χ1v) is 11.5. The standard InChI is InChI=1S/C29H32N2O3/c1-3-20-30-29(33)27(21-24-12-8-5-9-13-24)31(22-25-14-17-26(34-2)18-15-25)28(32)19-16-23-10-6-4-7-11-23/h3-15,17-18,27H,1,16,19-22H2,2H3,(H,30,33)/t27-/m1/s1. The molecule has 176 valence electrons. The Morgan fingerprint density at radius 3 is 2.12 bits per heavy atom. The Kier molecular flexibility index (Phi) is 9.47. The summed E-state index contributed by atoms with van der Waals surface area (Å²) in [5, 5.41) is 2.89. The van der Waals surface area contributed by atoms with Crippen molar-refractivity contribution in [2.24, 2.45) is 0 Å². The van der Waals surface area contributed by atoms with Gasteiger partial charge < -0.3 is 15.0 Å². The van der Waals surface area contributed by atoms with Crippen LogP contribution < -0.4 is 10.1 Å². The van der Waals surface area contributed by atoms with Gasteiger partial charge >= 0.3 is 0 Å². The molecule has 0 bridgehead atoms. The maximum atomic E-state index is 13.6. The van der Waals surface area contributed by atoms with Gasteiger partial charge in [-0.2, -0.15) is 0 Å². The van der Waals surface area contributed by atoms with Crippen LogP contribution in [0, 0.1) is 0 Å². The highest BCUT2D eigenvalue weighted by Gasteiger charge is 2.30. The lowest BCUT2D eigenvalue weighted by molar-refractivity contribution is -0.141. The highest BCUT2D eigenvalue weighted by molar-refractivity contribution is 5.88. The average molecular weight is 457 g/mol. The second-order valence-corrected chi connectivity index (χ2v) is 8.09. The van der Waals surface area contributed by atoms with Gasteiger partial charge in [-0.05, 0) is 35.2 Å². The van der Waals surface area contributed by atoms with Gasteiger partial charge in [-0.1, -0.05) is 78.9 Å². The molecule has 3 aromatic rings. The molecule has 0 fully saturated rings. The van der Waals surface area contributed by atoms with E-state index in [1.807, 2.05) is 84.9 Å². The SMILES string of the molecule is C=CCNC(=O)[C@@H](Cc1ccccc1)N(Cc1ccc(OC)cc1)C(=O)CCc1ccccc1. The third kappa shape index (κ3) is 7.34. The van der Waals surface area contributed by atoms with Crippen LogP contribution in [0.3, 0.4) is 0 Å². The Labute approximate surface area is 202 Å². The third-order valence-electron chi connectivity index (χ3n) is 5.67. The summed E-state index contributed by atoms with van der Waals surface area (Å²) in [7, 11) is 1.62. The van der Waals surface area contributed by atoms with Crippen LogP contribution in [-0.2, 0) is 29.0 Å². The Morgan fingerprint density at radius 2 is 1.53 bits per heavy atom. The van der Waals surface area contributed by atoms with Crippen molar-refractivity contribution < 1.29 is 14.3 Å². The normalized spacial score (nSPS) is 11.3. The maximum absolute atomic E-state index is 13.6. The molecule has 3 aromatic carbocycles. The van der Waals surface area contributed by atoms with Crippen LogP contribution >= 0.6 is 0 Å². The van der Waals surface area contributed by atoms with E-state index in [9.17, 15) is 9.59 Å². The van der Waals surface area contributed by atoms with Gasteiger partial charge in [0.15, 0.2) is 0 Å². The van der Waals surface area contributed by atoms with Gasteiger partial charge in [-0.3, -0.25) is 9.59 Å². The molecular formula is C29H32N2O3. The van der Waals surface area contributed by atoms with E-state index in [0.29, 0.717) is 32.4 Å². The lowest BCUT2D eigenvalue weighted by atomic mass is 10.0. The summed E-state index contributed by atoms with van der Waals surface area (Å²) in [5.74, 6) is 0.495. The lowest BCUT2D eigenvalue weighted by Gasteiger charge is -2.31. The van der Waals surface area contributed by atoms with Gasteiger partial charge in [0, 0.05) is 25.9 Å². The zero-order valence-corrected chi connectivity index (χ0v) is 19.7. The van der Waals surface area contributed by atoms with Crippen molar-refractivity contribution >= 4 is 11.8 Å². The first kappa shape index (κ1) is 24.8. The number of carbonyl (C=O) groups is 2. The molecule has 3 rings (SSSR count). The van der Waals surface area contributed by atoms with Gasteiger partial charge in [-0.15, -0.1) is 6.58 Å². The summed E-state index contributed by atoms with van der Waals surface area (Å²) < 4.78 is 5.26. The second kappa shape index (κ2) is 13.0. The number of methoxy groups -OCH3 is 1. The zero-order chi connectivity index (χ0) is 24.2. The molecule has 0 aromatic heterocycles. The average Bonchev–Trinajstić information content (AvgIpc) is 2.89. The van der Waals surface area contributed by atoms with E-state index in [0.717, 1.165) is 22.4 Å². The summed E-state index contributed by atoms with van der Waals surface area (Å²) in [5.41, 5.74) is 3.02. The van der Waals surface area contributed by atoms with E-state index in [1.54, 1.807) is 18.1 Å². The molecule has 2 amide bonds. The topological polar surface area (TPSA) is 58.6 Å². The number of hydrogen-bond acceptors (Lipinski definition) is 3. The van der Waals surface area contributed by atoms with E-state index >= 15 is 0 Å². The van der Waals surface area contributed by atoms with Crippen molar-refractivity contribution in [2.75, 3.05) is 13.7 Å². The Hall–Kier alpha value is -3.86. The fourth-order valence-corrected chi connectivity index (χ4v) is 3.81. The number of aryl methyl sites for hydroxylation is 1.